The maximum atomic E-state index is 11.3. The van der Waals surface area contributed by atoms with Gasteiger partial charge in [-0.1, -0.05) is 13.3 Å². The fourth-order valence-electron chi connectivity index (χ4n) is 2.55. The minimum atomic E-state index is -0.141. The SMILES string of the molecule is CCC1CCCNC1CN1CCOC1=O. The second kappa shape index (κ2) is 4.84. The fraction of sp³-hybridized carbons (Fsp3) is 0.909. The molecule has 86 valence electrons. The molecule has 2 atom stereocenters. The lowest BCUT2D eigenvalue weighted by molar-refractivity contribution is 0.148. The van der Waals surface area contributed by atoms with E-state index in [0.717, 1.165) is 19.6 Å². The van der Waals surface area contributed by atoms with Crippen LogP contribution in [0.15, 0.2) is 0 Å². The van der Waals surface area contributed by atoms with Crippen LogP contribution in [0, 0.1) is 5.92 Å². The molecule has 2 aliphatic heterocycles. The normalized spacial score (nSPS) is 31.8. The van der Waals surface area contributed by atoms with Crippen LogP contribution in [-0.2, 0) is 4.74 Å². The highest BCUT2D eigenvalue weighted by atomic mass is 16.6. The van der Waals surface area contributed by atoms with Crippen molar-refractivity contribution in [2.75, 3.05) is 26.2 Å². The number of cyclic esters (lactones) is 1. The van der Waals surface area contributed by atoms with Crippen molar-refractivity contribution in [3.05, 3.63) is 0 Å². The zero-order valence-corrected chi connectivity index (χ0v) is 9.37. The fourth-order valence-corrected chi connectivity index (χ4v) is 2.55. The Morgan fingerprint density at radius 1 is 1.60 bits per heavy atom. The highest BCUT2D eigenvalue weighted by Gasteiger charge is 2.29. The Kier molecular flexibility index (Phi) is 3.46. The van der Waals surface area contributed by atoms with E-state index in [-0.39, 0.29) is 6.09 Å². The summed E-state index contributed by atoms with van der Waals surface area (Å²) in [6.07, 6.45) is 3.61. The number of piperidine rings is 1. The molecular weight excluding hydrogens is 192 g/mol. The number of nitrogens with zero attached hydrogens (tertiary/aromatic N) is 1. The zero-order valence-electron chi connectivity index (χ0n) is 9.37. The van der Waals surface area contributed by atoms with Gasteiger partial charge in [0, 0.05) is 12.6 Å². The van der Waals surface area contributed by atoms with Crippen molar-refractivity contribution in [1.82, 2.24) is 10.2 Å². The van der Waals surface area contributed by atoms with Gasteiger partial charge in [-0.2, -0.15) is 0 Å². The Morgan fingerprint density at radius 3 is 3.13 bits per heavy atom. The summed E-state index contributed by atoms with van der Waals surface area (Å²) in [5.74, 6) is 0.715. The average molecular weight is 212 g/mol. The van der Waals surface area contributed by atoms with Gasteiger partial charge in [0.25, 0.3) is 0 Å². The number of hydrogen-bond acceptors (Lipinski definition) is 3. The summed E-state index contributed by atoms with van der Waals surface area (Å²) in [6.45, 7) is 5.45. The average Bonchev–Trinajstić information content (AvgIpc) is 2.65. The molecule has 0 radical (unpaired) electrons. The molecule has 0 bridgehead atoms. The van der Waals surface area contributed by atoms with E-state index in [0.29, 0.717) is 18.6 Å². The first-order chi connectivity index (χ1) is 7.31. The molecule has 2 fully saturated rings. The van der Waals surface area contributed by atoms with Gasteiger partial charge in [0.2, 0.25) is 0 Å². The monoisotopic (exact) mass is 212 g/mol. The van der Waals surface area contributed by atoms with Crippen LogP contribution >= 0.6 is 0 Å². The van der Waals surface area contributed by atoms with Crippen molar-refractivity contribution in [3.63, 3.8) is 0 Å². The lowest BCUT2D eigenvalue weighted by atomic mass is 9.88. The molecule has 0 aromatic rings. The minimum Gasteiger partial charge on any atom is -0.448 e. The third kappa shape index (κ3) is 2.43. The van der Waals surface area contributed by atoms with Gasteiger partial charge in [0.05, 0.1) is 6.54 Å². The number of nitrogens with one attached hydrogen (secondary N) is 1. The summed E-state index contributed by atoms with van der Waals surface area (Å²) in [5, 5.41) is 3.52. The molecule has 0 spiro atoms. The number of hydrogen-bond donors (Lipinski definition) is 1. The molecule has 2 aliphatic rings. The Bertz CT molecular complexity index is 233. The molecule has 2 saturated heterocycles. The van der Waals surface area contributed by atoms with Crippen molar-refractivity contribution in [1.29, 1.82) is 0 Å². The van der Waals surface area contributed by atoms with Crippen LogP contribution in [-0.4, -0.2) is 43.3 Å². The minimum absolute atomic E-state index is 0.141. The van der Waals surface area contributed by atoms with Crippen LogP contribution in [0.4, 0.5) is 4.79 Å². The number of ether oxygens (including phenoxy) is 1. The van der Waals surface area contributed by atoms with Crippen molar-refractivity contribution in [2.45, 2.75) is 32.2 Å². The standard InChI is InChI=1S/C11H20N2O2/c1-2-9-4-3-5-12-10(9)8-13-6-7-15-11(13)14/h9-10,12H,2-8H2,1H3. The third-order valence-electron chi connectivity index (χ3n) is 3.51. The van der Waals surface area contributed by atoms with Gasteiger partial charge in [0.1, 0.15) is 6.61 Å². The third-order valence-corrected chi connectivity index (χ3v) is 3.51. The number of amides is 1. The molecule has 4 heteroatoms. The Labute approximate surface area is 91.0 Å². The lowest BCUT2D eigenvalue weighted by Gasteiger charge is -2.34. The molecule has 1 amide bonds. The summed E-state index contributed by atoms with van der Waals surface area (Å²) < 4.78 is 4.94. The van der Waals surface area contributed by atoms with E-state index in [2.05, 4.69) is 12.2 Å². The molecule has 2 heterocycles. The predicted molar refractivity (Wildman–Crippen MR) is 57.7 cm³/mol. The van der Waals surface area contributed by atoms with Crippen LogP contribution in [0.25, 0.3) is 0 Å². The molecule has 0 saturated carbocycles. The van der Waals surface area contributed by atoms with Gasteiger partial charge in [-0.05, 0) is 25.3 Å². The van der Waals surface area contributed by atoms with Gasteiger partial charge in [0.15, 0.2) is 0 Å². The highest BCUT2D eigenvalue weighted by molar-refractivity contribution is 5.69. The Morgan fingerprint density at radius 2 is 2.47 bits per heavy atom. The van der Waals surface area contributed by atoms with Crippen LogP contribution in [0.5, 0.6) is 0 Å². The maximum Gasteiger partial charge on any atom is 0.409 e. The topological polar surface area (TPSA) is 41.6 Å². The van der Waals surface area contributed by atoms with Crippen LogP contribution in [0.1, 0.15) is 26.2 Å². The molecular formula is C11H20N2O2. The highest BCUT2D eigenvalue weighted by Crippen LogP contribution is 2.21. The van der Waals surface area contributed by atoms with Gasteiger partial charge in [-0.25, -0.2) is 4.79 Å². The summed E-state index contributed by atoms with van der Waals surface area (Å²) in [4.78, 5) is 13.1. The largest absolute Gasteiger partial charge is 0.448 e. The maximum absolute atomic E-state index is 11.3. The van der Waals surface area contributed by atoms with Gasteiger partial charge >= 0.3 is 6.09 Å². The number of carbonyl (C=O) groups is 1. The number of carbonyl (C=O) groups excluding carboxylic acids is 1. The van der Waals surface area contributed by atoms with Crippen molar-refractivity contribution in [2.24, 2.45) is 5.92 Å². The van der Waals surface area contributed by atoms with Crippen LogP contribution < -0.4 is 5.32 Å². The number of rotatable bonds is 3. The van der Waals surface area contributed by atoms with Crippen molar-refractivity contribution < 1.29 is 9.53 Å². The molecule has 2 unspecified atom stereocenters. The Balaban J connectivity index is 1.88. The summed E-state index contributed by atoms with van der Waals surface area (Å²) in [6, 6.07) is 0.467. The predicted octanol–water partition coefficient (Wildman–Crippen LogP) is 1.22. The second-order valence-corrected chi connectivity index (χ2v) is 4.43. The van der Waals surface area contributed by atoms with E-state index in [1.165, 1.54) is 19.3 Å². The lowest BCUT2D eigenvalue weighted by Crippen LogP contribution is -2.48. The first-order valence-electron chi connectivity index (χ1n) is 5.96. The summed E-state index contributed by atoms with van der Waals surface area (Å²) in [5.41, 5.74) is 0. The second-order valence-electron chi connectivity index (χ2n) is 4.43. The van der Waals surface area contributed by atoms with Gasteiger partial charge < -0.3 is 15.0 Å². The molecule has 15 heavy (non-hydrogen) atoms. The summed E-state index contributed by atoms with van der Waals surface area (Å²) >= 11 is 0. The zero-order chi connectivity index (χ0) is 10.7. The summed E-state index contributed by atoms with van der Waals surface area (Å²) in [7, 11) is 0. The van der Waals surface area contributed by atoms with E-state index in [9.17, 15) is 4.79 Å². The van der Waals surface area contributed by atoms with E-state index in [1.807, 2.05) is 4.90 Å². The quantitative estimate of drug-likeness (QED) is 0.764. The van der Waals surface area contributed by atoms with Crippen molar-refractivity contribution >= 4 is 6.09 Å². The first-order valence-corrected chi connectivity index (χ1v) is 5.96. The molecule has 0 aromatic heterocycles. The van der Waals surface area contributed by atoms with Crippen LogP contribution in [0.3, 0.4) is 0 Å². The van der Waals surface area contributed by atoms with E-state index >= 15 is 0 Å². The Hall–Kier alpha value is -0.770. The van der Waals surface area contributed by atoms with Crippen LogP contribution in [0.2, 0.25) is 0 Å². The van der Waals surface area contributed by atoms with Crippen molar-refractivity contribution in [3.8, 4) is 0 Å². The molecule has 0 aliphatic carbocycles. The molecule has 1 N–H and O–H groups in total. The molecule has 4 nitrogen and oxygen atoms in total. The first kappa shape index (κ1) is 10.7. The van der Waals surface area contributed by atoms with E-state index in [1.54, 1.807) is 0 Å². The van der Waals surface area contributed by atoms with E-state index < -0.39 is 0 Å². The van der Waals surface area contributed by atoms with E-state index in [4.69, 9.17) is 4.74 Å². The van der Waals surface area contributed by atoms with Gasteiger partial charge in [-0.3, -0.25) is 0 Å². The molecule has 0 aromatic carbocycles. The van der Waals surface area contributed by atoms with Gasteiger partial charge in [-0.15, -0.1) is 0 Å². The smallest absolute Gasteiger partial charge is 0.409 e. The molecule has 2 rings (SSSR count).